The van der Waals surface area contributed by atoms with E-state index in [1.807, 2.05) is 31.2 Å². The topological polar surface area (TPSA) is 84.9 Å². The van der Waals surface area contributed by atoms with Crippen molar-refractivity contribution in [3.8, 4) is 11.5 Å². The van der Waals surface area contributed by atoms with Crippen LogP contribution in [-0.2, 0) is 16.2 Å². The van der Waals surface area contributed by atoms with Crippen molar-refractivity contribution < 1.29 is 24.2 Å². The molecule has 142 valence electrons. The first-order valence-corrected chi connectivity index (χ1v) is 8.46. The van der Waals surface area contributed by atoms with Crippen molar-refractivity contribution in [3.05, 3.63) is 63.8 Å². The highest BCUT2D eigenvalue weighted by Crippen LogP contribution is 2.37. The maximum atomic E-state index is 11.3. The zero-order valence-electron chi connectivity index (χ0n) is 15.2. The molecule has 27 heavy (non-hydrogen) atoms. The Labute approximate surface area is 162 Å². The number of amides is 1. The Balaban J connectivity index is 2.29. The highest BCUT2D eigenvalue weighted by molar-refractivity contribution is 6.32. The summed E-state index contributed by atoms with van der Waals surface area (Å²) in [5, 5.41) is 11.7. The van der Waals surface area contributed by atoms with Crippen LogP contribution in [0.3, 0.4) is 0 Å². The molecule has 0 radical (unpaired) electrons. The summed E-state index contributed by atoms with van der Waals surface area (Å²) in [6.07, 6.45) is 1.29. The second-order valence-corrected chi connectivity index (χ2v) is 6.26. The second-order valence-electron chi connectivity index (χ2n) is 5.85. The molecule has 2 aromatic carbocycles. The van der Waals surface area contributed by atoms with Gasteiger partial charge in [0, 0.05) is 6.92 Å². The van der Waals surface area contributed by atoms with Crippen molar-refractivity contribution in [3.63, 3.8) is 0 Å². The molecule has 0 aliphatic rings. The lowest BCUT2D eigenvalue weighted by Crippen LogP contribution is -2.24. The van der Waals surface area contributed by atoms with Crippen LogP contribution >= 0.6 is 11.6 Å². The number of hydrogen-bond donors (Lipinski definition) is 2. The first kappa shape index (κ1) is 20.3. The Hall–Kier alpha value is -2.99. The third-order valence-corrected chi connectivity index (χ3v) is 3.89. The molecule has 2 N–H and O–H groups in total. The van der Waals surface area contributed by atoms with Crippen molar-refractivity contribution >= 4 is 29.6 Å². The number of hydrogen-bond acceptors (Lipinski definition) is 4. The van der Waals surface area contributed by atoms with E-state index >= 15 is 0 Å². The minimum absolute atomic E-state index is 0.264. The predicted octanol–water partition coefficient (Wildman–Crippen LogP) is 3.80. The van der Waals surface area contributed by atoms with Gasteiger partial charge in [0.1, 0.15) is 12.3 Å². The maximum Gasteiger partial charge on any atom is 0.352 e. The number of carboxylic acids is 1. The number of halogens is 1. The largest absolute Gasteiger partial charge is 0.493 e. The van der Waals surface area contributed by atoms with Crippen LogP contribution in [0.5, 0.6) is 11.5 Å². The Morgan fingerprint density at radius 1 is 1.22 bits per heavy atom. The fraction of sp³-hybridized carbons (Fsp3) is 0.200. The molecule has 0 aliphatic carbocycles. The van der Waals surface area contributed by atoms with Gasteiger partial charge in [0.15, 0.2) is 11.5 Å². The minimum atomic E-state index is -1.26. The quantitative estimate of drug-likeness (QED) is 0.703. The smallest absolute Gasteiger partial charge is 0.352 e. The number of ether oxygens (including phenoxy) is 2. The molecule has 0 bridgehead atoms. The van der Waals surface area contributed by atoms with Crippen LogP contribution in [0.15, 0.2) is 42.1 Å². The number of nitrogens with one attached hydrogen (secondary N) is 1. The van der Waals surface area contributed by atoms with E-state index in [9.17, 15) is 14.7 Å². The van der Waals surface area contributed by atoms with E-state index in [2.05, 4.69) is 5.32 Å². The molecule has 7 heteroatoms. The van der Waals surface area contributed by atoms with E-state index in [-0.39, 0.29) is 10.7 Å². The summed E-state index contributed by atoms with van der Waals surface area (Å²) in [6, 6.07) is 11.0. The van der Waals surface area contributed by atoms with E-state index in [1.165, 1.54) is 20.1 Å². The average Bonchev–Trinajstić information content (AvgIpc) is 2.60. The Kier molecular flexibility index (Phi) is 6.85. The van der Waals surface area contributed by atoms with Crippen LogP contribution in [-0.4, -0.2) is 24.1 Å². The van der Waals surface area contributed by atoms with Crippen LogP contribution in [0.1, 0.15) is 23.6 Å². The number of aryl methyl sites for hydroxylation is 1. The molecule has 6 nitrogen and oxygen atoms in total. The summed E-state index contributed by atoms with van der Waals surface area (Å²) in [5.74, 6) is -1.04. The molecule has 0 heterocycles. The zero-order valence-corrected chi connectivity index (χ0v) is 16.0. The number of methoxy groups -OCH3 is 1. The molecule has 1 amide bonds. The van der Waals surface area contributed by atoms with Gasteiger partial charge in [-0.15, -0.1) is 0 Å². The minimum Gasteiger partial charge on any atom is -0.493 e. The number of carbonyl (C=O) groups excluding carboxylic acids is 1. The summed E-state index contributed by atoms with van der Waals surface area (Å²) in [6.45, 7) is 3.54. The molecule has 0 aromatic heterocycles. The number of carboxylic acid groups (broad SMARTS) is 1. The monoisotopic (exact) mass is 389 g/mol. The Bertz CT molecular complexity index is 875. The van der Waals surface area contributed by atoms with E-state index < -0.39 is 11.9 Å². The lowest BCUT2D eigenvalue weighted by molar-refractivity contribution is -0.134. The van der Waals surface area contributed by atoms with Gasteiger partial charge in [-0.3, -0.25) is 4.79 Å². The van der Waals surface area contributed by atoms with Crippen LogP contribution in [0.2, 0.25) is 5.02 Å². The molecular formula is C20H20ClNO5. The molecule has 0 saturated carbocycles. The number of carbonyl (C=O) groups is 2. The van der Waals surface area contributed by atoms with E-state index in [1.54, 1.807) is 12.1 Å². The molecule has 0 atom stereocenters. The normalized spacial score (nSPS) is 11.0. The van der Waals surface area contributed by atoms with Crippen molar-refractivity contribution in [1.82, 2.24) is 5.32 Å². The van der Waals surface area contributed by atoms with E-state index in [0.717, 1.165) is 11.1 Å². The standard InChI is InChI=1S/C20H20ClNO5/c1-12-4-6-14(7-5-12)11-27-19-16(21)8-15(10-18(19)26-3)9-17(20(24)25)22-13(2)23/h4-10H,11H2,1-3H3,(H,22,23)(H,24,25). The SMILES string of the molecule is COc1cc(C=C(NC(C)=O)C(=O)O)cc(Cl)c1OCc1ccc(C)cc1. The second kappa shape index (κ2) is 9.09. The maximum absolute atomic E-state index is 11.3. The van der Waals surface area contributed by atoms with Gasteiger partial charge >= 0.3 is 5.97 Å². The van der Waals surface area contributed by atoms with Crippen LogP contribution < -0.4 is 14.8 Å². The third-order valence-electron chi connectivity index (χ3n) is 3.61. The van der Waals surface area contributed by atoms with Gasteiger partial charge in [0.05, 0.1) is 12.1 Å². The van der Waals surface area contributed by atoms with Gasteiger partial charge in [0.25, 0.3) is 0 Å². The average molecular weight is 390 g/mol. The van der Waals surface area contributed by atoms with Gasteiger partial charge in [-0.2, -0.15) is 0 Å². The summed E-state index contributed by atoms with van der Waals surface area (Å²) in [5.41, 5.74) is 2.31. The first-order valence-electron chi connectivity index (χ1n) is 8.08. The molecular weight excluding hydrogens is 370 g/mol. The van der Waals surface area contributed by atoms with E-state index in [4.69, 9.17) is 21.1 Å². The molecule has 0 aliphatic heterocycles. The lowest BCUT2D eigenvalue weighted by atomic mass is 10.1. The molecule has 0 fully saturated rings. The first-order chi connectivity index (χ1) is 12.8. The molecule has 0 unspecified atom stereocenters. The Morgan fingerprint density at radius 2 is 1.89 bits per heavy atom. The fourth-order valence-electron chi connectivity index (χ4n) is 2.31. The van der Waals surface area contributed by atoms with Gasteiger partial charge in [-0.25, -0.2) is 4.79 Å². The zero-order chi connectivity index (χ0) is 20.0. The van der Waals surface area contributed by atoms with E-state index in [0.29, 0.717) is 23.7 Å². The molecule has 0 saturated heterocycles. The molecule has 0 spiro atoms. The summed E-state index contributed by atoms with van der Waals surface area (Å²) < 4.78 is 11.1. The number of aliphatic carboxylic acids is 1. The van der Waals surface area contributed by atoms with Crippen molar-refractivity contribution in [2.45, 2.75) is 20.5 Å². The predicted molar refractivity (Wildman–Crippen MR) is 103 cm³/mol. The summed E-state index contributed by atoms with van der Waals surface area (Å²) in [4.78, 5) is 22.4. The number of benzene rings is 2. The highest BCUT2D eigenvalue weighted by atomic mass is 35.5. The van der Waals surface area contributed by atoms with Gasteiger partial charge in [0.2, 0.25) is 5.91 Å². The fourth-order valence-corrected chi connectivity index (χ4v) is 2.58. The van der Waals surface area contributed by atoms with Crippen LogP contribution in [0.25, 0.3) is 6.08 Å². The van der Waals surface area contributed by atoms with Crippen LogP contribution in [0, 0.1) is 6.92 Å². The molecule has 2 rings (SSSR count). The highest BCUT2D eigenvalue weighted by Gasteiger charge is 2.14. The Morgan fingerprint density at radius 3 is 2.44 bits per heavy atom. The van der Waals surface area contributed by atoms with Gasteiger partial charge < -0.3 is 19.9 Å². The van der Waals surface area contributed by atoms with Gasteiger partial charge in [-0.1, -0.05) is 41.4 Å². The number of rotatable bonds is 7. The summed E-state index contributed by atoms with van der Waals surface area (Å²) >= 11 is 6.30. The lowest BCUT2D eigenvalue weighted by Gasteiger charge is -2.14. The van der Waals surface area contributed by atoms with Crippen molar-refractivity contribution in [1.29, 1.82) is 0 Å². The summed E-state index contributed by atoms with van der Waals surface area (Å²) in [7, 11) is 1.46. The van der Waals surface area contributed by atoms with Crippen LogP contribution in [0.4, 0.5) is 0 Å². The van der Waals surface area contributed by atoms with Crippen molar-refractivity contribution in [2.24, 2.45) is 0 Å². The van der Waals surface area contributed by atoms with Gasteiger partial charge in [-0.05, 0) is 36.3 Å². The van der Waals surface area contributed by atoms with Crippen molar-refractivity contribution in [2.75, 3.05) is 7.11 Å². The molecule has 2 aromatic rings. The third kappa shape index (κ3) is 5.76.